The third kappa shape index (κ3) is 4.69. The second-order valence-electron chi connectivity index (χ2n) is 3.95. The van der Waals surface area contributed by atoms with E-state index in [1.807, 2.05) is 0 Å². The summed E-state index contributed by atoms with van der Waals surface area (Å²) in [6.45, 7) is 0.265. The van der Waals surface area contributed by atoms with Crippen LogP contribution in [0.4, 0.5) is 5.13 Å². The lowest BCUT2D eigenvalue weighted by Gasteiger charge is -2.06. The molecule has 21 heavy (non-hydrogen) atoms. The molecule has 1 amide bonds. The average molecular weight is 309 g/mol. The summed E-state index contributed by atoms with van der Waals surface area (Å²) in [5.41, 5.74) is 0. The second kappa shape index (κ2) is 7.55. The number of nitrogens with zero attached hydrogens (tertiary/aromatic N) is 2. The number of aromatic nitrogens is 2. The lowest BCUT2D eigenvalue weighted by molar-refractivity contribution is -0.118. The van der Waals surface area contributed by atoms with Crippen LogP contribution in [0.1, 0.15) is 5.01 Å². The van der Waals surface area contributed by atoms with Crippen LogP contribution in [0, 0.1) is 0 Å². The van der Waals surface area contributed by atoms with E-state index in [-0.39, 0.29) is 12.5 Å². The molecule has 0 bridgehead atoms. The van der Waals surface area contributed by atoms with E-state index in [0.29, 0.717) is 22.5 Å². The van der Waals surface area contributed by atoms with Gasteiger partial charge in [0, 0.05) is 7.11 Å². The molecule has 8 heteroatoms. The molecule has 0 atom stereocenters. The summed E-state index contributed by atoms with van der Waals surface area (Å²) >= 11 is 1.26. The summed E-state index contributed by atoms with van der Waals surface area (Å²) in [5.74, 6) is 1.01. The largest absolute Gasteiger partial charge is 0.497 e. The number of hydrogen-bond acceptors (Lipinski definition) is 7. The fourth-order valence-electron chi connectivity index (χ4n) is 1.46. The van der Waals surface area contributed by atoms with Gasteiger partial charge in [-0.2, -0.15) is 0 Å². The van der Waals surface area contributed by atoms with Crippen LogP contribution in [0.2, 0.25) is 0 Å². The van der Waals surface area contributed by atoms with Gasteiger partial charge in [-0.15, -0.1) is 10.2 Å². The number of rotatable bonds is 7. The second-order valence-corrected chi connectivity index (χ2v) is 5.01. The number of ether oxygens (including phenoxy) is 3. The Bertz CT molecular complexity index is 585. The first-order valence-corrected chi connectivity index (χ1v) is 6.91. The van der Waals surface area contributed by atoms with Crippen molar-refractivity contribution in [3.63, 3.8) is 0 Å². The first kappa shape index (κ1) is 15.2. The third-order valence-corrected chi connectivity index (χ3v) is 3.22. The molecule has 0 unspecified atom stereocenters. The maximum atomic E-state index is 11.7. The lowest BCUT2D eigenvalue weighted by Crippen LogP contribution is -2.20. The van der Waals surface area contributed by atoms with E-state index in [9.17, 15) is 4.79 Å². The molecule has 1 heterocycles. The minimum atomic E-state index is -0.300. The molecule has 2 rings (SSSR count). The Morgan fingerprint density at radius 1 is 1.19 bits per heavy atom. The quantitative estimate of drug-likeness (QED) is 0.838. The number of nitrogens with one attached hydrogen (secondary N) is 1. The van der Waals surface area contributed by atoms with Crippen LogP contribution in [0.25, 0.3) is 0 Å². The average Bonchev–Trinajstić information content (AvgIpc) is 2.93. The predicted octanol–water partition coefficient (Wildman–Crippen LogP) is 1.71. The van der Waals surface area contributed by atoms with Crippen molar-refractivity contribution in [2.45, 2.75) is 6.61 Å². The minimum absolute atomic E-state index is 0.106. The number of amides is 1. The van der Waals surface area contributed by atoms with Gasteiger partial charge in [-0.3, -0.25) is 10.1 Å². The summed E-state index contributed by atoms with van der Waals surface area (Å²) in [4.78, 5) is 11.7. The Kier molecular flexibility index (Phi) is 5.47. The Morgan fingerprint density at radius 2 is 1.90 bits per heavy atom. The maximum absolute atomic E-state index is 11.7. The van der Waals surface area contributed by atoms with Gasteiger partial charge in [-0.1, -0.05) is 11.3 Å². The molecular weight excluding hydrogens is 294 g/mol. The molecule has 1 N–H and O–H groups in total. The molecule has 0 aliphatic rings. The van der Waals surface area contributed by atoms with E-state index < -0.39 is 0 Å². The maximum Gasteiger partial charge on any atom is 0.264 e. The van der Waals surface area contributed by atoms with Crippen molar-refractivity contribution in [3.05, 3.63) is 29.3 Å². The van der Waals surface area contributed by atoms with Crippen LogP contribution in [0.15, 0.2) is 24.3 Å². The zero-order chi connectivity index (χ0) is 15.1. The molecule has 2 aromatic rings. The van der Waals surface area contributed by atoms with Crippen molar-refractivity contribution in [2.75, 3.05) is 26.1 Å². The number of anilines is 1. The number of carbonyl (C=O) groups excluding carboxylic acids is 1. The van der Waals surface area contributed by atoms with E-state index in [4.69, 9.17) is 14.2 Å². The molecule has 0 fully saturated rings. The van der Waals surface area contributed by atoms with Crippen LogP contribution in [-0.2, 0) is 16.1 Å². The van der Waals surface area contributed by atoms with Crippen molar-refractivity contribution in [1.82, 2.24) is 10.2 Å². The van der Waals surface area contributed by atoms with Gasteiger partial charge in [0.25, 0.3) is 5.91 Å². The summed E-state index contributed by atoms with van der Waals surface area (Å²) in [6, 6.07) is 6.98. The van der Waals surface area contributed by atoms with Crippen LogP contribution >= 0.6 is 11.3 Å². The smallest absolute Gasteiger partial charge is 0.264 e. The summed E-state index contributed by atoms with van der Waals surface area (Å²) < 4.78 is 15.3. The highest BCUT2D eigenvalue weighted by molar-refractivity contribution is 7.15. The van der Waals surface area contributed by atoms with Gasteiger partial charge >= 0.3 is 0 Å². The van der Waals surface area contributed by atoms with Gasteiger partial charge in [0.05, 0.1) is 7.11 Å². The highest BCUT2D eigenvalue weighted by Gasteiger charge is 2.08. The van der Waals surface area contributed by atoms with Crippen molar-refractivity contribution < 1.29 is 19.0 Å². The number of methoxy groups -OCH3 is 2. The van der Waals surface area contributed by atoms with Crippen molar-refractivity contribution in [3.8, 4) is 11.5 Å². The fraction of sp³-hybridized carbons (Fsp3) is 0.308. The van der Waals surface area contributed by atoms with Gasteiger partial charge in [0.1, 0.15) is 23.1 Å². The normalized spacial score (nSPS) is 10.2. The zero-order valence-electron chi connectivity index (χ0n) is 11.7. The highest BCUT2D eigenvalue weighted by atomic mass is 32.1. The predicted molar refractivity (Wildman–Crippen MR) is 77.7 cm³/mol. The number of carbonyl (C=O) groups is 1. The Morgan fingerprint density at radius 3 is 2.57 bits per heavy atom. The van der Waals surface area contributed by atoms with E-state index in [1.165, 1.54) is 11.3 Å². The van der Waals surface area contributed by atoms with Crippen molar-refractivity contribution in [1.29, 1.82) is 0 Å². The number of benzene rings is 1. The van der Waals surface area contributed by atoms with E-state index in [0.717, 1.165) is 5.75 Å². The standard InChI is InChI=1S/C13H15N3O4S/c1-18-8-12-15-16-13(21-12)14-11(17)7-20-10-5-3-9(19-2)4-6-10/h3-6H,7-8H2,1-2H3,(H,14,16,17). The van der Waals surface area contributed by atoms with Gasteiger partial charge in [0.2, 0.25) is 5.13 Å². The van der Waals surface area contributed by atoms with Gasteiger partial charge in [-0.05, 0) is 24.3 Å². The fourth-order valence-corrected chi connectivity index (χ4v) is 2.19. The van der Waals surface area contributed by atoms with Gasteiger partial charge in [0.15, 0.2) is 6.61 Å². The SMILES string of the molecule is COCc1nnc(NC(=O)COc2ccc(OC)cc2)s1. The van der Waals surface area contributed by atoms with Crippen LogP contribution in [-0.4, -0.2) is 36.9 Å². The van der Waals surface area contributed by atoms with Crippen LogP contribution < -0.4 is 14.8 Å². The van der Waals surface area contributed by atoms with Gasteiger partial charge < -0.3 is 14.2 Å². The van der Waals surface area contributed by atoms with E-state index in [1.54, 1.807) is 38.5 Å². The minimum Gasteiger partial charge on any atom is -0.497 e. The van der Waals surface area contributed by atoms with Gasteiger partial charge in [-0.25, -0.2) is 0 Å². The van der Waals surface area contributed by atoms with Crippen LogP contribution in [0.3, 0.4) is 0 Å². The lowest BCUT2D eigenvalue weighted by atomic mass is 10.3. The number of hydrogen-bond donors (Lipinski definition) is 1. The van der Waals surface area contributed by atoms with Crippen molar-refractivity contribution >= 4 is 22.4 Å². The molecule has 0 aliphatic carbocycles. The Balaban J connectivity index is 1.80. The van der Waals surface area contributed by atoms with Crippen molar-refractivity contribution in [2.24, 2.45) is 0 Å². The Hall–Kier alpha value is -2.19. The van der Waals surface area contributed by atoms with Crippen LogP contribution in [0.5, 0.6) is 11.5 Å². The van der Waals surface area contributed by atoms with E-state index >= 15 is 0 Å². The molecule has 0 saturated heterocycles. The molecule has 112 valence electrons. The first-order chi connectivity index (χ1) is 10.2. The monoisotopic (exact) mass is 309 g/mol. The molecule has 1 aromatic carbocycles. The third-order valence-electron chi connectivity index (χ3n) is 2.41. The molecule has 1 aromatic heterocycles. The first-order valence-electron chi connectivity index (χ1n) is 6.09. The highest BCUT2D eigenvalue weighted by Crippen LogP contribution is 2.18. The zero-order valence-corrected chi connectivity index (χ0v) is 12.5. The molecule has 0 saturated carbocycles. The molecular formula is C13H15N3O4S. The molecule has 0 spiro atoms. The Labute approximate surface area is 125 Å². The molecule has 7 nitrogen and oxygen atoms in total. The summed E-state index contributed by atoms with van der Waals surface area (Å²) in [5, 5.41) is 11.4. The van der Waals surface area contributed by atoms with E-state index in [2.05, 4.69) is 15.5 Å². The molecule has 0 aliphatic heterocycles. The summed E-state index contributed by atoms with van der Waals surface area (Å²) in [6.07, 6.45) is 0. The summed E-state index contributed by atoms with van der Waals surface area (Å²) in [7, 11) is 3.16. The topological polar surface area (TPSA) is 82.6 Å². The molecule has 0 radical (unpaired) electrons.